The molecule has 1 aliphatic rings. The van der Waals surface area contributed by atoms with Crippen LogP contribution >= 0.6 is 11.8 Å². The van der Waals surface area contributed by atoms with E-state index in [0.717, 1.165) is 30.8 Å². The number of carbonyl (C=O) groups excluding carboxylic acids is 1. The van der Waals surface area contributed by atoms with Crippen molar-refractivity contribution in [3.8, 4) is 0 Å². The average molecular weight is 232 g/mol. The van der Waals surface area contributed by atoms with Gasteiger partial charge in [-0.1, -0.05) is 0 Å². The van der Waals surface area contributed by atoms with E-state index in [-0.39, 0.29) is 12.5 Å². The van der Waals surface area contributed by atoms with Crippen LogP contribution in [0.2, 0.25) is 0 Å². The van der Waals surface area contributed by atoms with E-state index in [1.54, 1.807) is 11.8 Å². The van der Waals surface area contributed by atoms with Crippen molar-refractivity contribution in [2.75, 3.05) is 18.1 Å². The highest BCUT2D eigenvalue weighted by Gasteiger charge is 2.36. The summed E-state index contributed by atoms with van der Waals surface area (Å²) < 4.78 is 0. The third kappa shape index (κ3) is 4.40. The summed E-state index contributed by atoms with van der Waals surface area (Å²) in [6.45, 7) is 2.06. The number of hydrogen-bond acceptors (Lipinski definition) is 4. The van der Waals surface area contributed by atoms with Crippen LogP contribution in [-0.4, -0.2) is 40.7 Å². The van der Waals surface area contributed by atoms with Crippen molar-refractivity contribution in [2.45, 2.75) is 37.8 Å². The first-order valence-corrected chi connectivity index (χ1v) is 6.50. The van der Waals surface area contributed by atoms with Gasteiger partial charge < -0.3 is 16.2 Å². The first kappa shape index (κ1) is 12.8. The summed E-state index contributed by atoms with van der Waals surface area (Å²) in [7, 11) is 0. The second kappa shape index (κ2) is 5.72. The average Bonchev–Trinajstić information content (AvgIpc) is 2.96. The number of nitrogens with one attached hydrogen (secondary N) is 1. The van der Waals surface area contributed by atoms with Gasteiger partial charge in [0.2, 0.25) is 5.91 Å². The minimum Gasteiger partial charge on any atom is -0.396 e. The number of nitrogens with two attached hydrogens (primary N) is 1. The number of hydrogen-bond donors (Lipinski definition) is 3. The van der Waals surface area contributed by atoms with E-state index in [1.807, 2.05) is 6.92 Å². The fourth-order valence-electron chi connectivity index (χ4n) is 1.39. The summed E-state index contributed by atoms with van der Waals surface area (Å²) in [5, 5.41) is 11.9. The minimum absolute atomic E-state index is 0.188. The highest BCUT2D eigenvalue weighted by Crippen LogP contribution is 2.24. The fraction of sp³-hybridized carbons (Fsp3) is 0.900. The summed E-state index contributed by atoms with van der Waals surface area (Å²) in [6, 6.07) is 0.477. The van der Waals surface area contributed by atoms with E-state index >= 15 is 0 Å². The fourth-order valence-corrected chi connectivity index (χ4v) is 2.27. The Morgan fingerprint density at radius 3 is 2.73 bits per heavy atom. The van der Waals surface area contributed by atoms with Crippen molar-refractivity contribution < 1.29 is 9.90 Å². The number of amides is 1. The van der Waals surface area contributed by atoms with Crippen molar-refractivity contribution in [1.29, 1.82) is 0 Å². The van der Waals surface area contributed by atoms with Crippen molar-refractivity contribution >= 4 is 17.7 Å². The van der Waals surface area contributed by atoms with E-state index in [2.05, 4.69) is 5.32 Å². The van der Waals surface area contributed by atoms with E-state index < -0.39 is 5.54 Å². The summed E-state index contributed by atoms with van der Waals surface area (Å²) in [6.07, 6.45) is 3.02. The van der Waals surface area contributed by atoms with Crippen LogP contribution in [0.1, 0.15) is 26.2 Å². The van der Waals surface area contributed by atoms with Crippen LogP contribution in [0.15, 0.2) is 0 Å². The van der Waals surface area contributed by atoms with Crippen LogP contribution in [0.5, 0.6) is 0 Å². The second-order valence-electron chi connectivity index (χ2n) is 4.20. The monoisotopic (exact) mass is 232 g/mol. The lowest BCUT2D eigenvalue weighted by Gasteiger charge is -2.27. The Labute approximate surface area is 95.0 Å². The lowest BCUT2D eigenvalue weighted by molar-refractivity contribution is -0.124. The Balaban J connectivity index is 2.31. The van der Waals surface area contributed by atoms with E-state index in [0.29, 0.717) is 6.04 Å². The summed E-state index contributed by atoms with van der Waals surface area (Å²) >= 11 is 1.65. The van der Waals surface area contributed by atoms with Crippen LogP contribution in [0, 0.1) is 0 Å². The predicted molar refractivity (Wildman–Crippen MR) is 62.8 cm³/mol. The molecule has 0 spiro atoms. The summed E-state index contributed by atoms with van der Waals surface area (Å²) in [4.78, 5) is 11.3. The zero-order chi connectivity index (χ0) is 11.3. The number of aliphatic hydroxyl groups excluding tert-OH is 1. The minimum atomic E-state index is -0.580. The maximum Gasteiger partial charge on any atom is 0.237 e. The van der Waals surface area contributed by atoms with Gasteiger partial charge in [-0.3, -0.25) is 4.79 Å². The molecule has 0 aromatic heterocycles. The van der Waals surface area contributed by atoms with Gasteiger partial charge in [0.05, 0.1) is 12.1 Å². The van der Waals surface area contributed by atoms with Crippen LogP contribution < -0.4 is 11.1 Å². The SMILES string of the molecule is CC(CCSCCO)(NC1CC1)C(N)=O. The zero-order valence-corrected chi connectivity index (χ0v) is 9.98. The highest BCUT2D eigenvalue weighted by atomic mass is 32.2. The normalized spacial score (nSPS) is 19.9. The molecule has 4 nitrogen and oxygen atoms in total. The van der Waals surface area contributed by atoms with Crippen molar-refractivity contribution in [1.82, 2.24) is 5.32 Å². The van der Waals surface area contributed by atoms with Gasteiger partial charge >= 0.3 is 0 Å². The van der Waals surface area contributed by atoms with Crippen molar-refractivity contribution in [3.63, 3.8) is 0 Å². The molecule has 88 valence electrons. The Morgan fingerprint density at radius 2 is 2.27 bits per heavy atom. The Morgan fingerprint density at radius 1 is 1.60 bits per heavy atom. The summed E-state index contributed by atoms with van der Waals surface area (Å²) in [5.74, 6) is 1.29. The van der Waals surface area contributed by atoms with E-state index in [4.69, 9.17) is 10.8 Å². The first-order valence-electron chi connectivity index (χ1n) is 5.35. The topological polar surface area (TPSA) is 75.3 Å². The molecule has 0 radical (unpaired) electrons. The summed E-state index contributed by atoms with van der Waals surface area (Å²) in [5.41, 5.74) is 4.82. The van der Waals surface area contributed by atoms with Gasteiger partial charge in [0, 0.05) is 11.8 Å². The van der Waals surface area contributed by atoms with Crippen molar-refractivity contribution in [3.05, 3.63) is 0 Å². The van der Waals surface area contributed by atoms with Crippen LogP contribution in [0.3, 0.4) is 0 Å². The molecular weight excluding hydrogens is 212 g/mol. The third-order valence-corrected chi connectivity index (χ3v) is 3.59. The third-order valence-electron chi connectivity index (χ3n) is 2.63. The van der Waals surface area contributed by atoms with Gasteiger partial charge in [-0.25, -0.2) is 0 Å². The molecule has 1 atom stereocenters. The lowest BCUT2D eigenvalue weighted by Crippen LogP contribution is -2.54. The molecule has 0 aromatic rings. The molecule has 1 saturated carbocycles. The van der Waals surface area contributed by atoms with Crippen LogP contribution in [0.4, 0.5) is 0 Å². The molecule has 0 aliphatic heterocycles. The molecule has 0 heterocycles. The standard InChI is InChI=1S/C10H20N2O2S/c1-10(9(11)14,12-8-2-3-8)4-6-15-7-5-13/h8,12-13H,2-7H2,1H3,(H2,11,14). The smallest absolute Gasteiger partial charge is 0.237 e. The van der Waals surface area contributed by atoms with Gasteiger partial charge in [-0.05, 0) is 31.9 Å². The van der Waals surface area contributed by atoms with Gasteiger partial charge in [-0.15, -0.1) is 0 Å². The van der Waals surface area contributed by atoms with Gasteiger partial charge in [0.15, 0.2) is 0 Å². The van der Waals surface area contributed by atoms with E-state index in [1.165, 1.54) is 0 Å². The van der Waals surface area contributed by atoms with Gasteiger partial charge in [-0.2, -0.15) is 11.8 Å². The largest absolute Gasteiger partial charge is 0.396 e. The Kier molecular flexibility index (Phi) is 4.89. The second-order valence-corrected chi connectivity index (χ2v) is 5.43. The molecule has 1 amide bonds. The number of aliphatic hydroxyl groups is 1. The molecule has 0 saturated heterocycles. The van der Waals surface area contributed by atoms with Crippen LogP contribution in [-0.2, 0) is 4.79 Å². The van der Waals surface area contributed by atoms with E-state index in [9.17, 15) is 4.79 Å². The van der Waals surface area contributed by atoms with Gasteiger partial charge in [0.25, 0.3) is 0 Å². The predicted octanol–water partition coefficient (Wildman–Crippen LogP) is 0.0980. The molecule has 5 heteroatoms. The quantitative estimate of drug-likeness (QED) is 0.519. The zero-order valence-electron chi connectivity index (χ0n) is 9.16. The number of carbonyl (C=O) groups is 1. The number of thioether (sulfide) groups is 1. The molecule has 1 rings (SSSR count). The maximum atomic E-state index is 11.3. The molecule has 1 unspecified atom stereocenters. The molecule has 4 N–H and O–H groups in total. The number of primary amides is 1. The maximum absolute atomic E-state index is 11.3. The molecule has 15 heavy (non-hydrogen) atoms. The lowest BCUT2D eigenvalue weighted by atomic mass is 9.98. The molecule has 0 aromatic carbocycles. The first-order chi connectivity index (χ1) is 7.08. The molecular formula is C10H20N2O2S. The Bertz CT molecular complexity index is 221. The molecule has 0 bridgehead atoms. The molecule has 1 fully saturated rings. The van der Waals surface area contributed by atoms with Crippen molar-refractivity contribution in [2.24, 2.45) is 5.73 Å². The Hall–Kier alpha value is -0.260. The van der Waals surface area contributed by atoms with Crippen LogP contribution in [0.25, 0.3) is 0 Å². The highest BCUT2D eigenvalue weighted by molar-refractivity contribution is 7.99. The van der Waals surface area contributed by atoms with Gasteiger partial charge in [0.1, 0.15) is 0 Å². The number of rotatable bonds is 8. The molecule has 1 aliphatic carbocycles.